The van der Waals surface area contributed by atoms with Crippen LogP contribution in [-0.4, -0.2) is 41.8 Å². The van der Waals surface area contributed by atoms with Gasteiger partial charge in [0.15, 0.2) is 5.11 Å². The van der Waals surface area contributed by atoms with E-state index in [9.17, 15) is 9.59 Å². The van der Waals surface area contributed by atoms with E-state index in [-0.39, 0.29) is 17.6 Å². The van der Waals surface area contributed by atoms with Gasteiger partial charge in [-0.1, -0.05) is 31.2 Å². The summed E-state index contributed by atoms with van der Waals surface area (Å²) in [5.74, 6) is -0.732. The fourth-order valence-electron chi connectivity index (χ4n) is 2.99. The number of rotatable bonds is 6. The van der Waals surface area contributed by atoms with E-state index in [0.717, 1.165) is 16.9 Å². The lowest BCUT2D eigenvalue weighted by atomic mass is 10.1. The molecule has 1 aliphatic rings. The number of carbonyl (C=O) groups is 2. The van der Waals surface area contributed by atoms with Crippen molar-refractivity contribution in [2.24, 2.45) is 0 Å². The predicted octanol–water partition coefficient (Wildman–Crippen LogP) is 4.12. The highest BCUT2D eigenvalue weighted by atomic mass is 32.2. The van der Waals surface area contributed by atoms with Crippen molar-refractivity contribution in [3.05, 3.63) is 65.4 Å². The Labute approximate surface area is 180 Å². The van der Waals surface area contributed by atoms with Gasteiger partial charge in [-0.05, 0) is 66.4 Å². The van der Waals surface area contributed by atoms with Crippen molar-refractivity contribution < 1.29 is 14.3 Å². The van der Waals surface area contributed by atoms with Gasteiger partial charge in [-0.15, -0.1) is 11.8 Å². The van der Waals surface area contributed by atoms with E-state index in [1.807, 2.05) is 54.8 Å². The maximum Gasteiger partial charge on any atom is 0.325 e. The van der Waals surface area contributed by atoms with Gasteiger partial charge in [-0.3, -0.25) is 14.5 Å². The van der Waals surface area contributed by atoms with Crippen LogP contribution in [-0.2, 0) is 20.7 Å². The first-order valence-corrected chi connectivity index (χ1v) is 10.8. The average Bonchev–Trinajstić information content (AvgIpc) is 2.98. The molecule has 0 bridgehead atoms. The Balaban J connectivity index is 2.00. The summed E-state index contributed by atoms with van der Waals surface area (Å²) in [6.45, 7) is 1.95. The van der Waals surface area contributed by atoms with Crippen LogP contribution >= 0.6 is 24.0 Å². The molecule has 0 aromatic heterocycles. The second kappa shape index (κ2) is 9.24. The van der Waals surface area contributed by atoms with Crippen LogP contribution in [0.3, 0.4) is 0 Å². The number of amides is 1. The molecular weight excluding hydrogens is 404 g/mol. The maximum atomic E-state index is 13.3. The topological polar surface area (TPSA) is 49.9 Å². The van der Waals surface area contributed by atoms with Crippen molar-refractivity contribution in [1.82, 2.24) is 4.90 Å². The third-order valence-electron chi connectivity index (χ3n) is 4.67. The number of hydrogen-bond acceptors (Lipinski definition) is 5. The smallest absolute Gasteiger partial charge is 0.325 e. The fourth-order valence-corrected chi connectivity index (χ4v) is 3.75. The van der Waals surface area contributed by atoms with Crippen LogP contribution in [0.15, 0.2) is 59.1 Å². The van der Waals surface area contributed by atoms with E-state index in [0.29, 0.717) is 11.4 Å². The molecule has 0 spiro atoms. The number of thiocarbonyl (C=S) groups is 1. The second-order valence-corrected chi connectivity index (χ2v) is 7.65. The molecule has 150 valence electrons. The summed E-state index contributed by atoms with van der Waals surface area (Å²) >= 11 is 7.21. The molecule has 1 heterocycles. The van der Waals surface area contributed by atoms with Crippen molar-refractivity contribution in [3.63, 3.8) is 0 Å². The van der Waals surface area contributed by atoms with Crippen LogP contribution in [0.25, 0.3) is 6.08 Å². The molecule has 7 heteroatoms. The average molecular weight is 427 g/mol. The largest absolute Gasteiger partial charge is 0.468 e. The molecule has 0 N–H and O–H groups in total. The van der Waals surface area contributed by atoms with E-state index in [1.54, 1.807) is 17.8 Å². The van der Waals surface area contributed by atoms with Crippen molar-refractivity contribution in [2.75, 3.05) is 24.8 Å². The molecule has 2 aromatic carbocycles. The molecule has 1 saturated heterocycles. The molecular formula is C22H22N2O3S2. The monoisotopic (exact) mass is 426 g/mol. The Hall–Kier alpha value is -2.64. The highest BCUT2D eigenvalue weighted by Crippen LogP contribution is 2.29. The standard InChI is InChI=1S/C22H22N2O3S2/c1-4-15-5-9-17(10-6-15)24-21(26)19(23(22(24)28)14-20(25)27-2)13-16-7-11-18(29-3)12-8-16/h5-13H,4,14H2,1-3H3/b19-13-. The lowest BCUT2D eigenvalue weighted by Crippen LogP contribution is -2.35. The predicted molar refractivity (Wildman–Crippen MR) is 121 cm³/mol. The molecule has 1 amide bonds. The number of hydrogen-bond donors (Lipinski definition) is 0. The van der Waals surface area contributed by atoms with E-state index in [2.05, 4.69) is 6.92 Å². The normalized spacial score (nSPS) is 15.3. The van der Waals surface area contributed by atoms with Crippen LogP contribution in [0, 0.1) is 0 Å². The number of ether oxygens (including phenoxy) is 1. The van der Waals surface area contributed by atoms with Crippen molar-refractivity contribution in [3.8, 4) is 0 Å². The van der Waals surface area contributed by atoms with E-state index in [1.165, 1.54) is 22.5 Å². The van der Waals surface area contributed by atoms with Crippen LogP contribution in [0.1, 0.15) is 18.1 Å². The molecule has 1 fully saturated rings. The van der Waals surface area contributed by atoms with Gasteiger partial charge in [0.1, 0.15) is 12.2 Å². The quantitative estimate of drug-likeness (QED) is 0.300. The summed E-state index contributed by atoms with van der Waals surface area (Å²) < 4.78 is 4.80. The first-order valence-electron chi connectivity index (χ1n) is 9.16. The Morgan fingerprint density at radius 3 is 2.34 bits per heavy atom. The minimum Gasteiger partial charge on any atom is -0.468 e. The van der Waals surface area contributed by atoms with Gasteiger partial charge in [-0.25, -0.2) is 0 Å². The zero-order valence-electron chi connectivity index (χ0n) is 16.5. The summed E-state index contributed by atoms with van der Waals surface area (Å²) in [7, 11) is 1.31. The lowest BCUT2D eigenvalue weighted by Gasteiger charge is -2.19. The molecule has 0 unspecified atom stereocenters. The van der Waals surface area contributed by atoms with Gasteiger partial charge in [0.25, 0.3) is 5.91 Å². The van der Waals surface area contributed by atoms with Gasteiger partial charge in [0.05, 0.1) is 12.8 Å². The van der Waals surface area contributed by atoms with Gasteiger partial charge >= 0.3 is 5.97 Å². The molecule has 0 radical (unpaired) electrons. The summed E-state index contributed by atoms with van der Waals surface area (Å²) in [6, 6.07) is 15.5. The molecule has 0 saturated carbocycles. The Morgan fingerprint density at radius 2 is 1.79 bits per heavy atom. The van der Waals surface area contributed by atoms with Gasteiger partial charge in [-0.2, -0.15) is 0 Å². The van der Waals surface area contributed by atoms with Gasteiger partial charge < -0.3 is 9.64 Å². The zero-order valence-corrected chi connectivity index (χ0v) is 18.2. The number of methoxy groups -OCH3 is 1. The molecule has 29 heavy (non-hydrogen) atoms. The lowest BCUT2D eigenvalue weighted by molar-refractivity contribution is -0.140. The molecule has 1 aliphatic heterocycles. The molecule has 5 nitrogen and oxygen atoms in total. The van der Waals surface area contributed by atoms with Crippen LogP contribution < -0.4 is 4.90 Å². The van der Waals surface area contributed by atoms with Crippen LogP contribution in [0.2, 0.25) is 0 Å². The number of aryl methyl sites for hydroxylation is 1. The van der Waals surface area contributed by atoms with E-state index >= 15 is 0 Å². The van der Waals surface area contributed by atoms with E-state index in [4.69, 9.17) is 17.0 Å². The third kappa shape index (κ3) is 4.52. The highest BCUT2D eigenvalue weighted by molar-refractivity contribution is 7.98. The summed E-state index contributed by atoms with van der Waals surface area (Å²) in [4.78, 5) is 29.3. The van der Waals surface area contributed by atoms with Crippen molar-refractivity contribution >= 4 is 52.7 Å². The fraction of sp³-hybridized carbons (Fsp3) is 0.227. The number of anilines is 1. The number of benzene rings is 2. The Bertz CT molecular complexity index is 953. The Morgan fingerprint density at radius 1 is 1.14 bits per heavy atom. The second-order valence-electron chi connectivity index (χ2n) is 6.41. The van der Waals surface area contributed by atoms with Crippen molar-refractivity contribution in [2.45, 2.75) is 18.2 Å². The Kier molecular flexibility index (Phi) is 6.71. The number of esters is 1. The zero-order chi connectivity index (χ0) is 21.0. The summed E-state index contributed by atoms with van der Waals surface area (Å²) in [5, 5.41) is 0.261. The minimum atomic E-state index is -0.466. The number of carbonyl (C=O) groups excluding carboxylic acids is 2. The van der Waals surface area contributed by atoms with Gasteiger partial charge in [0.2, 0.25) is 0 Å². The van der Waals surface area contributed by atoms with E-state index < -0.39 is 5.97 Å². The highest BCUT2D eigenvalue weighted by Gasteiger charge is 2.40. The summed E-state index contributed by atoms with van der Waals surface area (Å²) in [5.41, 5.74) is 3.04. The van der Waals surface area contributed by atoms with Gasteiger partial charge in [0, 0.05) is 4.90 Å². The SMILES string of the molecule is CCc1ccc(N2C(=O)/C(=C/c3ccc(SC)cc3)N(CC(=O)OC)C2=S)cc1. The minimum absolute atomic E-state index is 0.126. The maximum absolute atomic E-state index is 13.3. The third-order valence-corrected chi connectivity index (χ3v) is 5.82. The first-order chi connectivity index (χ1) is 14.0. The van der Waals surface area contributed by atoms with Crippen LogP contribution in [0.5, 0.6) is 0 Å². The number of nitrogens with zero attached hydrogens (tertiary/aromatic N) is 2. The van der Waals surface area contributed by atoms with Crippen molar-refractivity contribution in [1.29, 1.82) is 0 Å². The van der Waals surface area contributed by atoms with Crippen LogP contribution in [0.4, 0.5) is 5.69 Å². The first kappa shape index (κ1) is 21.1. The molecule has 0 aliphatic carbocycles. The molecule has 0 atom stereocenters. The molecule has 2 aromatic rings. The number of thioether (sulfide) groups is 1. The summed E-state index contributed by atoms with van der Waals surface area (Å²) in [6.07, 6.45) is 4.67. The molecule has 3 rings (SSSR count).